The van der Waals surface area contributed by atoms with E-state index in [0.717, 1.165) is 12.0 Å². The largest absolute Gasteiger partial charge is 0.495 e. The Labute approximate surface area is 135 Å². The van der Waals surface area contributed by atoms with Gasteiger partial charge in [0.2, 0.25) is 5.91 Å². The molecule has 0 fully saturated rings. The normalized spacial score (nSPS) is 11.8. The molecule has 0 saturated heterocycles. The molecular formula is C16H22ClNO4. The summed E-state index contributed by atoms with van der Waals surface area (Å²) in [7, 11) is 1.55. The number of halogens is 1. The van der Waals surface area contributed by atoms with Crippen LogP contribution in [0.2, 0.25) is 5.02 Å². The number of hydrogen-bond donors (Lipinski definition) is 2. The highest BCUT2D eigenvalue weighted by Gasteiger charge is 2.17. The van der Waals surface area contributed by atoms with Crippen LogP contribution >= 0.6 is 11.6 Å². The first-order valence-electron chi connectivity index (χ1n) is 7.29. The summed E-state index contributed by atoms with van der Waals surface area (Å²) < 4.78 is 5.07. The molecule has 0 aliphatic carbocycles. The summed E-state index contributed by atoms with van der Waals surface area (Å²) in [6, 6.07) is 5.39. The van der Waals surface area contributed by atoms with Gasteiger partial charge in [0, 0.05) is 13.0 Å². The van der Waals surface area contributed by atoms with Crippen LogP contribution in [0.4, 0.5) is 0 Å². The summed E-state index contributed by atoms with van der Waals surface area (Å²) in [5.41, 5.74) is 0.935. The Bertz CT molecular complexity index is 519. The number of hydrogen-bond acceptors (Lipinski definition) is 3. The molecule has 0 bridgehead atoms. The maximum atomic E-state index is 11.8. The Kier molecular flexibility index (Phi) is 7.74. The lowest BCUT2D eigenvalue weighted by Crippen LogP contribution is -2.33. The molecule has 1 amide bonds. The summed E-state index contributed by atoms with van der Waals surface area (Å²) in [6.07, 6.45) is 2.17. The Morgan fingerprint density at radius 1 is 1.41 bits per heavy atom. The zero-order chi connectivity index (χ0) is 16.5. The minimum Gasteiger partial charge on any atom is -0.495 e. The van der Waals surface area contributed by atoms with Crippen LogP contribution in [0.15, 0.2) is 18.2 Å². The van der Waals surface area contributed by atoms with E-state index in [1.807, 2.05) is 13.0 Å². The van der Waals surface area contributed by atoms with Crippen LogP contribution in [0.25, 0.3) is 0 Å². The number of benzene rings is 1. The van der Waals surface area contributed by atoms with E-state index in [0.29, 0.717) is 30.0 Å². The second-order valence-corrected chi connectivity index (χ2v) is 5.50. The van der Waals surface area contributed by atoms with Crippen LogP contribution in [0, 0.1) is 5.92 Å². The number of aryl methyl sites for hydroxylation is 1. The van der Waals surface area contributed by atoms with Gasteiger partial charge in [0.05, 0.1) is 18.1 Å². The average Bonchev–Trinajstić information content (AvgIpc) is 2.49. The molecule has 5 nitrogen and oxygen atoms in total. The fourth-order valence-corrected chi connectivity index (χ4v) is 2.39. The molecule has 2 N–H and O–H groups in total. The molecule has 0 aromatic heterocycles. The van der Waals surface area contributed by atoms with Crippen LogP contribution in [0.1, 0.15) is 31.7 Å². The van der Waals surface area contributed by atoms with Gasteiger partial charge in [-0.3, -0.25) is 9.59 Å². The van der Waals surface area contributed by atoms with E-state index in [-0.39, 0.29) is 12.5 Å². The first-order valence-corrected chi connectivity index (χ1v) is 7.67. The van der Waals surface area contributed by atoms with Gasteiger partial charge in [0.1, 0.15) is 5.75 Å². The molecule has 1 unspecified atom stereocenters. The van der Waals surface area contributed by atoms with Gasteiger partial charge in [-0.2, -0.15) is 0 Å². The van der Waals surface area contributed by atoms with Gasteiger partial charge in [-0.1, -0.05) is 31.0 Å². The molecule has 22 heavy (non-hydrogen) atoms. The fourth-order valence-electron chi connectivity index (χ4n) is 2.11. The lowest BCUT2D eigenvalue weighted by molar-refractivity contribution is -0.141. The summed E-state index contributed by atoms with van der Waals surface area (Å²) >= 11 is 6.03. The molecule has 6 heteroatoms. The first kappa shape index (κ1) is 18.3. The summed E-state index contributed by atoms with van der Waals surface area (Å²) in [5, 5.41) is 12.2. The first-order chi connectivity index (χ1) is 10.5. The van der Waals surface area contributed by atoms with E-state index in [4.69, 9.17) is 21.4 Å². The topological polar surface area (TPSA) is 75.6 Å². The third-order valence-electron chi connectivity index (χ3n) is 3.39. The molecule has 0 saturated carbocycles. The van der Waals surface area contributed by atoms with E-state index in [1.54, 1.807) is 19.2 Å². The monoisotopic (exact) mass is 327 g/mol. The van der Waals surface area contributed by atoms with Crippen molar-refractivity contribution in [3.63, 3.8) is 0 Å². The molecule has 0 spiro atoms. The van der Waals surface area contributed by atoms with Gasteiger partial charge in [0.15, 0.2) is 0 Å². The highest BCUT2D eigenvalue weighted by atomic mass is 35.5. The minimum atomic E-state index is -0.871. The summed E-state index contributed by atoms with van der Waals surface area (Å²) in [6.45, 7) is 2.09. The lowest BCUT2D eigenvalue weighted by atomic mass is 10.0. The van der Waals surface area contributed by atoms with Crippen LogP contribution in [0.3, 0.4) is 0 Å². The maximum Gasteiger partial charge on any atom is 0.308 e. The number of carboxylic acids is 1. The molecule has 122 valence electrons. The minimum absolute atomic E-state index is 0.158. The number of carboxylic acid groups (broad SMARTS) is 1. The van der Waals surface area contributed by atoms with Crippen molar-refractivity contribution in [3.05, 3.63) is 28.8 Å². The van der Waals surface area contributed by atoms with Gasteiger partial charge in [-0.25, -0.2) is 0 Å². The van der Waals surface area contributed by atoms with Crippen molar-refractivity contribution in [3.8, 4) is 5.75 Å². The van der Waals surface area contributed by atoms with E-state index in [1.165, 1.54) is 0 Å². The predicted molar refractivity (Wildman–Crippen MR) is 85.4 cm³/mol. The number of rotatable bonds is 9. The van der Waals surface area contributed by atoms with Gasteiger partial charge >= 0.3 is 5.97 Å². The molecule has 1 aromatic carbocycles. The Hall–Kier alpha value is -1.75. The third-order valence-corrected chi connectivity index (χ3v) is 3.68. The third kappa shape index (κ3) is 5.93. The van der Waals surface area contributed by atoms with Crippen molar-refractivity contribution < 1.29 is 19.4 Å². The van der Waals surface area contributed by atoms with Crippen LogP contribution in [-0.4, -0.2) is 30.6 Å². The maximum absolute atomic E-state index is 11.8. The van der Waals surface area contributed by atoms with E-state index < -0.39 is 11.9 Å². The Morgan fingerprint density at radius 2 is 2.14 bits per heavy atom. The van der Waals surface area contributed by atoms with E-state index >= 15 is 0 Å². The van der Waals surface area contributed by atoms with Crippen LogP contribution < -0.4 is 10.1 Å². The second kappa shape index (κ2) is 9.30. The molecule has 0 aliphatic heterocycles. The average molecular weight is 328 g/mol. The lowest BCUT2D eigenvalue weighted by Gasteiger charge is -2.12. The highest BCUT2D eigenvalue weighted by Crippen LogP contribution is 2.25. The number of methoxy groups -OCH3 is 1. The molecule has 1 aromatic rings. The van der Waals surface area contributed by atoms with Crippen molar-refractivity contribution in [1.29, 1.82) is 0 Å². The predicted octanol–water partition coefficient (Wildman–Crippen LogP) is 2.90. The number of aliphatic carboxylic acids is 1. The van der Waals surface area contributed by atoms with Crippen molar-refractivity contribution in [2.24, 2.45) is 5.92 Å². The molecule has 1 atom stereocenters. The number of carbonyl (C=O) groups excluding carboxylic acids is 1. The van der Waals surface area contributed by atoms with Gasteiger partial charge < -0.3 is 15.2 Å². The second-order valence-electron chi connectivity index (χ2n) is 5.10. The van der Waals surface area contributed by atoms with Crippen molar-refractivity contribution in [1.82, 2.24) is 5.32 Å². The molecule has 1 rings (SSSR count). The smallest absolute Gasteiger partial charge is 0.308 e. The van der Waals surface area contributed by atoms with Gasteiger partial charge in [-0.15, -0.1) is 0 Å². The SMILES string of the molecule is CCCC(CNC(=O)CCc1ccc(OC)c(Cl)c1)C(=O)O. The highest BCUT2D eigenvalue weighted by molar-refractivity contribution is 6.32. The number of ether oxygens (including phenoxy) is 1. The van der Waals surface area contributed by atoms with Crippen molar-refractivity contribution in [2.45, 2.75) is 32.6 Å². The van der Waals surface area contributed by atoms with Gasteiger partial charge in [0.25, 0.3) is 0 Å². The van der Waals surface area contributed by atoms with E-state index in [9.17, 15) is 9.59 Å². The summed E-state index contributed by atoms with van der Waals surface area (Å²) in [5.74, 6) is -0.957. The van der Waals surface area contributed by atoms with Crippen LogP contribution in [0.5, 0.6) is 5.75 Å². The zero-order valence-electron chi connectivity index (χ0n) is 12.9. The van der Waals surface area contributed by atoms with Gasteiger partial charge in [-0.05, 0) is 30.5 Å². The zero-order valence-corrected chi connectivity index (χ0v) is 13.7. The molecule has 0 radical (unpaired) electrons. The van der Waals surface area contributed by atoms with E-state index in [2.05, 4.69) is 5.32 Å². The molecule has 0 heterocycles. The number of amides is 1. The Balaban J connectivity index is 2.42. The quantitative estimate of drug-likeness (QED) is 0.731. The summed E-state index contributed by atoms with van der Waals surface area (Å²) in [4.78, 5) is 22.8. The molecule has 0 aliphatic rings. The fraction of sp³-hybridized carbons (Fsp3) is 0.500. The number of nitrogens with one attached hydrogen (secondary N) is 1. The van der Waals surface area contributed by atoms with Crippen molar-refractivity contribution >= 4 is 23.5 Å². The van der Waals surface area contributed by atoms with Crippen molar-refractivity contribution in [2.75, 3.05) is 13.7 Å². The Morgan fingerprint density at radius 3 is 2.68 bits per heavy atom. The van der Waals surface area contributed by atoms with Crippen LogP contribution in [-0.2, 0) is 16.0 Å². The standard InChI is InChI=1S/C16H22ClNO4/c1-3-4-12(16(20)21)10-18-15(19)8-6-11-5-7-14(22-2)13(17)9-11/h5,7,9,12H,3-4,6,8,10H2,1-2H3,(H,18,19)(H,20,21). The number of carbonyl (C=O) groups is 2. The molecular weight excluding hydrogens is 306 g/mol.